The quantitative estimate of drug-likeness (QED) is 0.789. The molecule has 144 valence electrons. The molecule has 2 saturated heterocycles. The van der Waals surface area contributed by atoms with Crippen molar-refractivity contribution >= 4 is 11.8 Å². The average molecular weight is 354 g/mol. The van der Waals surface area contributed by atoms with E-state index in [1.807, 2.05) is 4.90 Å². The van der Waals surface area contributed by atoms with E-state index in [4.69, 9.17) is 4.74 Å². The van der Waals surface area contributed by atoms with Crippen molar-refractivity contribution in [2.75, 3.05) is 32.7 Å². The number of nitrogens with one attached hydrogen (secondary N) is 1. The van der Waals surface area contributed by atoms with Gasteiger partial charge in [0.1, 0.15) is 0 Å². The van der Waals surface area contributed by atoms with Gasteiger partial charge in [-0.05, 0) is 32.6 Å². The van der Waals surface area contributed by atoms with Gasteiger partial charge in [0.05, 0.1) is 18.2 Å². The number of morpholine rings is 1. The average Bonchev–Trinajstić information content (AvgIpc) is 2.71. The highest BCUT2D eigenvalue weighted by atomic mass is 16.5. The number of nitrogens with zero attached hydrogens (tertiary/aromatic N) is 2. The summed E-state index contributed by atoms with van der Waals surface area (Å²) in [6.07, 6.45) is 4.12. The summed E-state index contributed by atoms with van der Waals surface area (Å²) >= 11 is 0. The molecule has 2 aliphatic heterocycles. The summed E-state index contributed by atoms with van der Waals surface area (Å²) in [6.45, 7) is 11.8. The van der Waals surface area contributed by atoms with E-state index in [1.54, 1.807) is 0 Å². The second kappa shape index (κ2) is 9.53. The molecule has 3 unspecified atom stereocenters. The molecule has 0 radical (unpaired) electrons. The van der Waals surface area contributed by atoms with Crippen LogP contribution in [0.4, 0.5) is 0 Å². The Kier molecular flexibility index (Phi) is 7.69. The molecule has 2 fully saturated rings. The molecule has 2 aliphatic rings. The molecule has 0 bridgehead atoms. The lowest BCUT2D eigenvalue weighted by Crippen LogP contribution is -2.57. The lowest BCUT2D eigenvalue weighted by molar-refractivity contribution is -0.136. The minimum Gasteiger partial charge on any atom is -0.373 e. The molecule has 2 rings (SSSR count). The number of amides is 2. The Morgan fingerprint density at radius 1 is 1.20 bits per heavy atom. The van der Waals surface area contributed by atoms with Crippen LogP contribution in [0.5, 0.6) is 0 Å². The Morgan fingerprint density at radius 2 is 1.88 bits per heavy atom. The summed E-state index contributed by atoms with van der Waals surface area (Å²) in [5.74, 6) is 0.527. The number of carbonyl (C=O) groups is 2. The molecule has 25 heavy (non-hydrogen) atoms. The summed E-state index contributed by atoms with van der Waals surface area (Å²) in [7, 11) is 0. The molecule has 0 aromatic rings. The lowest BCUT2D eigenvalue weighted by Gasteiger charge is -2.41. The van der Waals surface area contributed by atoms with Crippen LogP contribution < -0.4 is 5.32 Å². The predicted molar refractivity (Wildman–Crippen MR) is 98.3 cm³/mol. The van der Waals surface area contributed by atoms with E-state index in [9.17, 15) is 9.59 Å². The normalized spacial score (nSPS) is 27.2. The summed E-state index contributed by atoms with van der Waals surface area (Å²) in [6, 6.07) is -0.145. The topological polar surface area (TPSA) is 61.9 Å². The number of rotatable bonds is 6. The number of likely N-dealkylation sites (tertiary alicyclic amines) is 1. The molecule has 6 heteroatoms. The molecular weight excluding hydrogens is 318 g/mol. The Bertz CT molecular complexity index is 445. The van der Waals surface area contributed by atoms with Crippen molar-refractivity contribution in [1.29, 1.82) is 0 Å². The van der Waals surface area contributed by atoms with Crippen LogP contribution >= 0.6 is 0 Å². The summed E-state index contributed by atoms with van der Waals surface area (Å²) in [4.78, 5) is 29.0. The third-order valence-electron chi connectivity index (χ3n) is 5.09. The van der Waals surface area contributed by atoms with Crippen molar-refractivity contribution in [3.05, 3.63) is 0 Å². The predicted octanol–water partition coefficient (Wildman–Crippen LogP) is 1.64. The molecule has 0 aromatic heterocycles. The monoisotopic (exact) mass is 353 g/mol. The van der Waals surface area contributed by atoms with E-state index in [0.717, 1.165) is 38.9 Å². The zero-order valence-corrected chi connectivity index (χ0v) is 16.3. The second-order valence-corrected chi connectivity index (χ2v) is 7.88. The van der Waals surface area contributed by atoms with Crippen molar-refractivity contribution in [2.45, 2.75) is 71.6 Å². The largest absolute Gasteiger partial charge is 0.373 e. The van der Waals surface area contributed by atoms with Crippen molar-refractivity contribution < 1.29 is 14.3 Å². The highest BCUT2D eigenvalue weighted by Gasteiger charge is 2.34. The maximum absolute atomic E-state index is 12.8. The molecule has 0 spiro atoms. The van der Waals surface area contributed by atoms with Crippen molar-refractivity contribution in [3.8, 4) is 0 Å². The van der Waals surface area contributed by atoms with Gasteiger partial charge in [-0.25, -0.2) is 0 Å². The van der Waals surface area contributed by atoms with Gasteiger partial charge in [-0.15, -0.1) is 0 Å². The second-order valence-electron chi connectivity index (χ2n) is 7.88. The van der Waals surface area contributed by atoms with E-state index in [-0.39, 0.29) is 36.0 Å². The van der Waals surface area contributed by atoms with Crippen LogP contribution in [0.2, 0.25) is 0 Å². The fourth-order valence-corrected chi connectivity index (χ4v) is 4.03. The Balaban J connectivity index is 1.86. The molecule has 3 atom stereocenters. The van der Waals surface area contributed by atoms with Gasteiger partial charge in [-0.1, -0.05) is 20.3 Å². The van der Waals surface area contributed by atoms with Crippen molar-refractivity contribution in [3.63, 3.8) is 0 Å². The Morgan fingerprint density at radius 3 is 2.52 bits per heavy atom. The van der Waals surface area contributed by atoms with Gasteiger partial charge in [-0.2, -0.15) is 0 Å². The first-order valence-corrected chi connectivity index (χ1v) is 9.83. The first-order chi connectivity index (χ1) is 11.9. The Hall–Kier alpha value is -1.14. The van der Waals surface area contributed by atoms with Crippen LogP contribution in [0, 0.1) is 5.92 Å². The van der Waals surface area contributed by atoms with Gasteiger partial charge in [0, 0.05) is 39.1 Å². The van der Waals surface area contributed by atoms with Crippen LogP contribution in [-0.2, 0) is 14.3 Å². The fourth-order valence-electron chi connectivity index (χ4n) is 4.03. The van der Waals surface area contributed by atoms with Gasteiger partial charge in [0.15, 0.2) is 0 Å². The molecule has 1 N–H and O–H groups in total. The van der Waals surface area contributed by atoms with Gasteiger partial charge in [0.2, 0.25) is 11.8 Å². The highest BCUT2D eigenvalue weighted by Crippen LogP contribution is 2.18. The molecule has 2 heterocycles. The molecular formula is C19H35N3O3. The summed E-state index contributed by atoms with van der Waals surface area (Å²) in [5.41, 5.74) is 0. The zero-order chi connectivity index (χ0) is 18.4. The summed E-state index contributed by atoms with van der Waals surface area (Å²) in [5, 5.41) is 3.06. The van der Waals surface area contributed by atoms with Crippen molar-refractivity contribution in [2.24, 2.45) is 5.92 Å². The van der Waals surface area contributed by atoms with E-state index in [0.29, 0.717) is 19.5 Å². The van der Waals surface area contributed by atoms with E-state index in [2.05, 4.69) is 37.9 Å². The number of hydrogen-bond acceptors (Lipinski definition) is 4. The zero-order valence-electron chi connectivity index (χ0n) is 16.3. The minimum atomic E-state index is -0.145. The van der Waals surface area contributed by atoms with Gasteiger partial charge < -0.3 is 15.0 Å². The van der Waals surface area contributed by atoms with Crippen LogP contribution in [0.25, 0.3) is 0 Å². The van der Waals surface area contributed by atoms with Crippen LogP contribution in [0.15, 0.2) is 0 Å². The third kappa shape index (κ3) is 5.96. The van der Waals surface area contributed by atoms with Crippen LogP contribution in [-0.4, -0.2) is 72.6 Å². The first-order valence-electron chi connectivity index (χ1n) is 9.83. The molecule has 2 amide bonds. The van der Waals surface area contributed by atoms with Crippen LogP contribution in [0.3, 0.4) is 0 Å². The standard InChI is InChI=1S/C19H35N3O3/c1-14(2)18(22-12-15(3)25-16(4)13-22)19(24)20-9-11-21-10-7-5-6-8-17(21)23/h14-16,18H,5-13H2,1-4H3,(H,20,24). The maximum Gasteiger partial charge on any atom is 0.237 e. The van der Waals surface area contributed by atoms with Gasteiger partial charge in [-0.3, -0.25) is 14.5 Å². The Labute approximate surface area is 152 Å². The van der Waals surface area contributed by atoms with Gasteiger partial charge >= 0.3 is 0 Å². The van der Waals surface area contributed by atoms with E-state index < -0.39 is 0 Å². The van der Waals surface area contributed by atoms with E-state index in [1.165, 1.54) is 0 Å². The third-order valence-corrected chi connectivity index (χ3v) is 5.09. The maximum atomic E-state index is 12.8. The molecule has 0 saturated carbocycles. The minimum absolute atomic E-state index is 0.0681. The number of ether oxygens (including phenoxy) is 1. The molecule has 6 nitrogen and oxygen atoms in total. The fraction of sp³-hybridized carbons (Fsp3) is 0.895. The van der Waals surface area contributed by atoms with E-state index >= 15 is 0 Å². The van der Waals surface area contributed by atoms with Crippen molar-refractivity contribution in [1.82, 2.24) is 15.1 Å². The lowest BCUT2D eigenvalue weighted by atomic mass is 9.99. The first kappa shape index (κ1) is 20.2. The smallest absolute Gasteiger partial charge is 0.237 e. The molecule has 0 aliphatic carbocycles. The highest BCUT2D eigenvalue weighted by molar-refractivity contribution is 5.82. The van der Waals surface area contributed by atoms with Crippen LogP contribution in [0.1, 0.15) is 53.4 Å². The molecule has 0 aromatic carbocycles. The summed E-state index contributed by atoms with van der Waals surface area (Å²) < 4.78 is 5.79. The van der Waals surface area contributed by atoms with Gasteiger partial charge in [0.25, 0.3) is 0 Å². The SMILES string of the molecule is CC1CN(C(C(=O)NCCN2CCCCCC2=O)C(C)C)CC(C)O1. The number of carbonyl (C=O) groups excluding carboxylic acids is 2. The number of hydrogen-bond donors (Lipinski definition) is 1.